The molecular weight excluding hydrogens is 232 g/mol. The molecule has 0 saturated carbocycles. The number of aromatic nitrogens is 1. The van der Waals surface area contributed by atoms with Crippen molar-refractivity contribution in [2.75, 3.05) is 20.6 Å². The van der Waals surface area contributed by atoms with E-state index in [4.69, 9.17) is 11.6 Å². The van der Waals surface area contributed by atoms with Crippen LogP contribution in [-0.4, -0.2) is 30.1 Å². The molecule has 0 amide bonds. The van der Waals surface area contributed by atoms with Crippen molar-refractivity contribution in [3.63, 3.8) is 0 Å². The van der Waals surface area contributed by atoms with Crippen LogP contribution in [0.25, 0.3) is 10.9 Å². The topological polar surface area (TPSA) is 8.17 Å². The number of hydrogen-bond acceptors (Lipinski definition) is 1. The minimum absolute atomic E-state index is 0.880. The molecule has 92 valence electrons. The summed E-state index contributed by atoms with van der Waals surface area (Å²) in [7, 11) is 6.23. The standard InChI is InChI=1S/C14H19ClN2/c1-16(2)10-6-8-12-11-7-4-5-9-13(11)17(3)14(12)15/h4-5,7,9H,6,8,10H2,1-3H3. The van der Waals surface area contributed by atoms with Gasteiger partial charge in [-0.3, -0.25) is 0 Å². The van der Waals surface area contributed by atoms with Crippen molar-refractivity contribution < 1.29 is 0 Å². The Hall–Kier alpha value is -0.990. The fourth-order valence-corrected chi connectivity index (χ4v) is 2.54. The maximum atomic E-state index is 6.40. The summed E-state index contributed by atoms with van der Waals surface area (Å²) in [5, 5.41) is 2.17. The van der Waals surface area contributed by atoms with E-state index in [1.54, 1.807) is 0 Å². The zero-order valence-electron chi connectivity index (χ0n) is 10.7. The maximum Gasteiger partial charge on any atom is 0.112 e. The first-order valence-corrected chi connectivity index (χ1v) is 6.35. The average molecular weight is 251 g/mol. The van der Waals surface area contributed by atoms with Crippen LogP contribution in [0.4, 0.5) is 0 Å². The van der Waals surface area contributed by atoms with E-state index >= 15 is 0 Å². The first-order chi connectivity index (χ1) is 8.11. The van der Waals surface area contributed by atoms with Gasteiger partial charge in [0.25, 0.3) is 0 Å². The van der Waals surface area contributed by atoms with Crippen LogP contribution in [0.1, 0.15) is 12.0 Å². The van der Waals surface area contributed by atoms with Crippen molar-refractivity contribution in [3.8, 4) is 0 Å². The molecule has 2 aromatic rings. The summed E-state index contributed by atoms with van der Waals surface area (Å²) >= 11 is 6.40. The van der Waals surface area contributed by atoms with Gasteiger partial charge in [0.1, 0.15) is 5.15 Å². The Morgan fingerprint density at radius 1 is 1.24 bits per heavy atom. The van der Waals surface area contributed by atoms with Crippen molar-refractivity contribution in [3.05, 3.63) is 35.0 Å². The zero-order chi connectivity index (χ0) is 12.4. The summed E-state index contributed by atoms with van der Waals surface area (Å²) in [6.07, 6.45) is 2.18. The molecule has 2 rings (SSSR count). The van der Waals surface area contributed by atoms with Crippen LogP contribution in [0, 0.1) is 0 Å². The van der Waals surface area contributed by atoms with Gasteiger partial charge in [-0.15, -0.1) is 0 Å². The second-order valence-electron chi connectivity index (χ2n) is 4.75. The molecule has 0 spiro atoms. The summed E-state index contributed by atoms with van der Waals surface area (Å²) < 4.78 is 2.07. The molecule has 2 nitrogen and oxygen atoms in total. The van der Waals surface area contributed by atoms with E-state index in [2.05, 4.69) is 47.8 Å². The van der Waals surface area contributed by atoms with Gasteiger partial charge in [0.15, 0.2) is 0 Å². The lowest BCUT2D eigenvalue weighted by atomic mass is 10.1. The van der Waals surface area contributed by atoms with Crippen LogP contribution in [-0.2, 0) is 13.5 Å². The van der Waals surface area contributed by atoms with Crippen molar-refractivity contribution >= 4 is 22.5 Å². The van der Waals surface area contributed by atoms with Crippen LogP contribution in [0.15, 0.2) is 24.3 Å². The highest BCUT2D eigenvalue weighted by molar-refractivity contribution is 6.32. The average Bonchev–Trinajstić information content (AvgIpc) is 2.54. The van der Waals surface area contributed by atoms with E-state index in [9.17, 15) is 0 Å². The maximum absolute atomic E-state index is 6.40. The van der Waals surface area contributed by atoms with Crippen LogP contribution in [0.5, 0.6) is 0 Å². The van der Waals surface area contributed by atoms with Gasteiger partial charge in [0.2, 0.25) is 0 Å². The number of halogens is 1. The second-order valence-corrected chi connectivity index (χ2v) is 5.11. The van der Waals surface area contributed by atoms with Gasteiger partial charge < -0.3 is 9.47 Å². The Kier molecular flexibility index (Phi) is 3.75. The predicted molar refractivity (Wildman–Crippen MR) is 74.8 cm³/mol. The Balaban J connectivity index is 2.30. The highest BCUT2D eigenvalue weighted by atomic mass is 35.5. The molecule has 3 heteroatoms. The Morgan fingerprint density at radius 2 is 1.94 bits per heavy atom. The largest absolute Gasteiger partial charge is 0.335 e. The molecule has 1 aromatic heterocycles. The lowest BCUT2D eigenvalue weighted by Gasteiger charge is -2.08. The van der Waals surface area contributed by atoms with Crippen LogP contribution < -0.4 is 0 Å². The fourth-order valence-electron chi connectivity index (χ4n) is 2.25. The minimum atomic E-state index is 0.880. The smallest absolute Gasteiger partial charge is 0.112 e. The molecule has 0 unspecified atom stereocenters. The molecule has 0 N–H and O–H groups in total. The number of benzene rings is 1. The van der Waals surface area contributed by atoms with E-state index in [0.29, 0.717) is 0 Å². The Morgan fingerprint density at radius 3 is 2.65 bits per heavy atom. The second kappa shape index (κ2) is 5.11. The Bertz CT molecular complexity index is 514. The van der Waals surface area contributed by atoms with E-state index in [0.717, 1.165) is 24.5 Å². The van der Waals surface area contributed by atoms with Gasteiger partial charge in [-0.2, -0.15) is 0 Å². The highest BCUT2D eigenvalue weighted by Gasteiger charge is 2.12. The number of nitrogens with zero attached hydrogens (tertiary/aromatic N) is 2. The molecule has 0 saturated heterocycles. The molecule has 0 fully saturated rings. The molecule has 0 aliphatic heterocycles. The van der Waals surface area contributed by atoms with Gasteiger partial charge in [0.05, 0.1) is 0 Å². The first kappa shape index (κ1) is 12.5. The van der Waals surface area contributed by atoms with Crippen LogP contribution in [0.3, 0.4) is 0 Å². The van der Waals surface area contributed by atoms with E-state index in [1.807, 2.05) is 7.05 Å². The van der Waals surface area contributed by atoms with Crippen molar-refractivity contribution in [1.29, 1.82) is 0 Å². The summed E-state index contributed by atoms with van der Waals surface area (Å²) in [5.74, 6) is 0. The molecular formula is C14H19ClN2. The quantitative estimate of drug-likeness (QED) is 0.808. The lowest BCUT2D eigenvalue weighted by Crippen LogP contribution is -2.13. The van der Waals surface area contributed by atoms with Gasteiger partial charge >= 0.3 is 0 Å². The van der Waals surface area contributed by atoms with Crippen LogP contribution in [0.2, 0.25) is 5.15 Å². The van der Waals surface area contributed by atoms with Gasteiger partial charge in [-0.1, -0.05) is 29.8 Å². The van der Waals surface area contributed by atoms with Crippen molar-refractivity contribution in [2.45, 2.75) is 12.8 Å². The van der Waals surface area contributed by atoms with Crippen molar-refractivity contribution in [2.24, 2.45) is 7.05 Å². The third-order valence-corrected chi connectivity index (χ3v) is 3.65. The molecule has 1 aromatic carbocycles. The van der Waals surface area contributed by atoms with Crippen molar-refractivity contribution in [1.82, 2.24) is 9.47 Å². The lowest BCUT2D eigenvalue weighted by molar-refractivity contribution is 0.400. The monoisotopic (exact) mass is 250 g/mol. The van der Waals surface area contributed by atoms with Gasteiger partial charge in [-0.05, 0) is 45.1 Å². The molecule has 0 aliphatic rings. The third kappa shape index (κ3) is 2.48. The number of fused-ring (bicyclic) bond motifs is 1. The predicted octanol–water partition coefficient (Wildman–Crippen LogP) is 3.33. The first-order valence-electron chi connectivity index (χ1n) is 5.97. The summed E-state index contributed by atoms with van der Waals surface area (Å²) in [4.78, 5) is 2.21. The summed E-state index contributed by atoms with van der Waals surface area (Å²) in [6.45, 7) is 1.10. The third-order valence-electron chi connectivity index (χ3n) is 3.17. The summed E-state index contributed by atoms with van der Waals surface area (Å²) in [5.41, 5.74) is 2.50. The van der Waals surface area contributed by atoms with E-state index in [-0.39, 0.29) is 0 Å². The van der Waals surface area contributed by atoms with Gasteiger partial charge in [-0.25, -0.2) is 0 Å². The molecule has 0 atom stereocenters. The summed E-state index contributed by atoms with van der Waals surface area (Å²) in [6, 6.07) is 8.42. The van der Waals surface area contributed by atoms with Gasteiger partial charge in [0, 0.05) is 18.0 Å². The molecule has 17 heavy (non-hydrogen) atoms. The molecule has 0 aliphatic carbocycles. The molecule has 0 bridgehead atoms. The number of hydrogen-bond donors (Lipinski definition) is 0. The highest BCUT2D eigenvalue weighted by Crippen LogP contribution is 2.29. The number of rotatable bonds is 4. The molecule has 0 radical (unpaired) electrons. The Labute approximate surface area is 108 Å². The zero-order valence-corrected chi connectivity index (χ0v) is 11.5. The minimum Gasteiger partial charge on any atom is -0.335 e. The van der Waals surface area contributed by atoms with E-state index in [1.165, 1.54) is 16.5 Å². The SMILES string of the molecule is CN(C)CCCc1c(Cl)n(C)c2ccccc12. The number of aryl methyl sites for hydroxylation is 2. The number of para-hydroxylation sites is 1. The molecule has 1 heterocycles. The fraction of sp³-hybridized carbons (Fsp3) is 0.429. The normalized spacial score (nSPS) is 11.6. The van der Waals surface area contributed by atoms with E-state index < -0.39 is 0 Å². The van der Waals surface area contributed by atoms with Crippen LogP contribution >= 0.6 is 11.6 Å².